The van der Waals surface area contributed by atoms with Crippen LogP contribution >= 0.6 is 11.8 Å². The van der Waals surface area contributed by atoms with Gasteiger partial charge in [0.25, 0.3) is 0 Å². The molecule has 4 heteroatoms. The molecule has 1 saturated heterocycles. The fraction of sp³-hybridized carbons (Fsp3) is 0.875. The summed E-state index contributed by atoms with van der Waals surface area (Å²) in [5, 5.41) is 3.07. The fourth-order valence-corrected chi connectivity index (χ4v) is 2.35. The van der Waals surface area contributed by atoms with Gasteiger partial charge in [-0.2, -0.15) is 0 Å². The predicted octanol–water partition coefficient (Wildman–Crippen LogP) is 0.345. The van der Waals surface area contributed by atoms with Crippen LogP contribution in [0.3, 0.4) is 0 Å². The SMILES string of the molecule is CC(CN)NC(=O)C1CCCS1. The molecule has 0 radical (unpaired) electrons. The third kappa shape index (κ3) is 2.68. The zero-order valence-electron chi connectivity index (χ0n) is 7.38. The first-order chi connectivity index (χ1) is 5.74. The topological polar surface area (TPSA) is 55.1 Å². The van der Waals surface area contributed by atoms with Crippen LogP contribution in [0.5, 0.6) is 0 Å². The number of amides is 1. The summed E-state index contributed by atoms with van der Waals surface area (Å²) in [4.78, 5) is 11.4. The van der Waals surface area contributed by atoms with Crippen molar-refractivity contribution in [3.63, 3.8) is 0 Å². The third-order valence-corrected chi connectivity index (χ3v) is 3.34. The van der Waals surface area contributed by atoms with E-state index in [0.29, 0.717) is 6.54 Å². The molecule has 3 nitrogen and oxygen atoms in total. The number of hydrogen-bond donors (Lipinski definition) is 2. The molecule has 3 N–H and O–H groups in total. The molecule has 1 amide bonds. The molecule has 0 aromatic heterocycles. The second-order valence-electron chi connectivity index (χ2n) is 3.15. The average molecular weight is 188 g/mol. The fourth-order valence-electron chi connectivity index (χ4n) is 1.18. The maximum Gasteiger partial charge on any atom is 0.233 e. The number of carbonyl (C=O) groups is 1. The van der Waals surface area contributed by atoms with E-state index in [4.69, 9.17) is 5.73 Å². The molecule has 12 heavy (non-hydrogen) atoms. The Morgan fingerprint density at radius 3 is 3.08 bits per heavy atom. The third-order valence-electron chi connectivity index (χ3n) is 1.96. The summed E-state index contributed by atoms with van der Waals surface area (Å²) in [6.07, 6.45) is 2.19. The van der Waals surface area contributed by atoms with E-state index in [9.17, 15) is 4.79 Å². The van der Waals surface area contributed by atoms with Crippen molar-refractivity contribution in [2.45, 2.75) is 31.1 Å². The summed E-state index contributed by atoms with van der Waals surface area (Å²) in [6.45, 7) is 2.45. The van der Waals surface area contributed by atoms with E-state index in [1.807, 2.05) is 6.92 Å². The monoisotopic (exact) mass is 188 g/mol. The van der Waals surface area contributed by atoms with Crippen molar-refractivity contribution in [2.75, 3.05) is 12.3 Å². The molecule has 1 rings (SSSR count). The molecule has 0 spiro atoms. The van der Waals surface area contributed by atoms with Crippen molar-refractivity contribution >= 4 is 17.7 Å². The molecule has 1 aliphatic heterocycles. The van der Waals surface area contributed by atoms with E-state index >= 15 is 0 Å². The minimum atomic E-state index is 0.110. The molecule has 1 aliphatic rings. The quantitative estimate of drug-likeness (QED) is 0.672. The van der Waals surface area contributed by atoms with Crippen molar-refractivity contribution in [1.29, 1.82) is 0 Å². The maximum absolute atomic E-state index is 11.4. The summed E-state index contributed by atoms with van der Waals surface area (Å²) in [5.41, 5.74) is 5.40. The van der Waals surface area contributed by atoms with Gasteiger partial charge in [0.15, 0.2) is 0 Å². The standard InChI is InChI=1S/C8H16N2OS/c1-6(5-9)10-8(11)7-3-2-4-12-7/h6-7H,2-5,9H2,1H3,(H,10,11). The molecular weight excluding hydrogens is 172 g/mol. The second-order valence-corrected chi connectivity index (χ2v) is 4.46. The smallest absolute Gasteiger partial charge is 0.233 e. The van der Waals surface area contributed by atoms with Crippen LogP contribution in [0.15, 0.2) is 0 Å². The van der Waals surface area contributed by atoms with Crippen molar-refractivity contribution in [2.24, 2.45) is 5.73 Å². The second kappa shape index (κ2) is 4.72. The minimum absolute atomic E-state index is 0.110. The Hall–Kier alpha value is -0.220. The Morgan fingerprint density at radius 1 is 1.83 bits per heavy atom. The molecule has 1 fully saturated rings. The highest BCUT2D eigenvalue weighted by molar-refractivity contribution is 8.00. The van der Waals surface area contributed by atoms with Crippen molar-refractivity contribution in [3.05, 3.63) is 0 Å². The highest BCUT2D eigenvalue weighted by Gasteiger charge is 2.23. The molecule has 0 saturated carbocycles. The molecule has 1 heterocycles. The summed E-state index contributed by atoms with van der Waals surface area (Å²) >= 11 is 1.75. The highest BCUT2D eigenvalue weighted by Crippen LogP contribution is 2.25. The highest BCUT2D eigenvalue weighted by atomic mass is 32.2. The summed E-state index contributed by atoms with van der Waals surface area (Å²) in [5.74, 6) is 1.28. The Bertz CT molecular complexity index is 157. The number of carbonyl (C=O) groups excluding carboxylic acids is 1. The summed E-state index contributed by atoms with van der Waals surface area (Å²) in [6, 6.07) is 0.110. The lowest BCUT2D eigenvalue weighted by Gasteiger charge is -2.14. The first-order valence-corrected chi connectivity index (χ1v) is 5.41. The Balaban J connectivity index is 2.27. The van der Waals surface area contributed by atoms with Crippen molar-refractivity contribution in [3.8, 4) is 0 Å². The van der Waals surface area contributed by atoms with E-state index in [1.54, 1.807) is 11.8 Å². The van der Waals surface area contributed by atoms with Gasteiger partial charge in [-0.1, -0.05) is 0 Å². The van der Waals surface area contributed by atoms with Gasteiger partial charge in [-0.25, -0.2) is 0 Å². The molecule has 70 valence electrons. The first kappa shape index (κ1) is 9.86. The molecule has 0 bridgehead atoms. The van der Waals surface area contributed by atoms with Crippen LogP contribution in [-0.2, 0) is 4.79 Å². The maximum atomic E-state index is 11.4. The lowest BCUT2D eigenvalue weighted by Crippen LogP contribution is -2.41. The molecule has 2 unspecified atom stereocenters. The predicted molar refractivity (Wildman–Crippen MR) is 52.1 cm³/mol. The van der Waals surface area contributed by atoms with Crippen LogP contribution in [0.4, 0.5) is 0 Å². The largest absolute Gasteiger partial charge is 0.351 e. The molecular formula is C8H16N2OS. The number of hydrogen-bond acceptors (Lipinski definition) is 3. The van der Waals surface area contributed by atoms with Gasteiger partial charge < -0.3 is 11.1 Å². The molecule has 2 atom stereocenters. The minimum Gasteiger partial charge on any atom is -0.351 e. The summed E-state index contributed by atoms with van der Waals surface area (Å²) in [7, 11) is 0. The van der Waals surface area contributed by atoms with Crippen LogP contribution in [0.1, 0.15) is 19.8 Å². The number of rotatable bonds is 3. The normalized spacial score (nSPS) is 25.3. The Morgan fingerprint density at radius 2 is 2.58 bits per heavy atom. The van der Waals surface area contributed by atoms with Gasteiger partial charge in [-0.15, -0.1) is 11.8 Å². The first-order valence-electron chi connectivity index (χ1n) is 4.36. The van der Waals surface area contributed by atoms with E-state index in [0.717, 1.165) is 12.2 Å². The van der Waals surface area contributed by atoms with E-state index in [1.165, 1.54) is 6.42 Å². The zero-order chi connectivity index (χ0) is 8.97. The van der Waals surface area contributed by atoms with Gasteiger partial charge >= 0.3 is 0 Å². The number of nitrogens with one attached hydrogen (secondary N) is 1. The molecule has 0 aliphatic carbocycles. The van der Waals surface area contributed by atoms with E-state index in [-0.39, 0.29) is 17.2 Å². The zero-order valence-corrected chi connectivity index (χ0v) is 8.19. The van der Waals surface area contributed by atoms with E-state index < -0.39 is 0 Å². The van der Waals surface area contributed by atoms with Gasteiger partial charge in [-0.3, -0.25) is 4.79 Å². The van der Waals surface area contributed by atoms with Crippen LogP contribution in [0, 0.1) is 0 Å². The number of thioether (sulfide) groups is 1. The summed E-state index contributed by atoms with van der Waals surface area (Å²) < 4.78 is 0. The van der Waals surface area contributed by atoms with Gasteiger partial charge in [-0.05, 0) is 25.5 Å². The van der Waals surface area contributed by atoms with Crippen LogP contribution in [-0.4, -0.2) is 29.5 Å². The number of nitrogens with two attached hydrogens (primary N) is 1. The van der Waals surface area contributed by atoms with Gasteiger partial charge in [0.05, 0.1) is 5.25 Å². The molecule has 0 aromatic carbocycles. The van der Waals surface area contributed by atoms with Crippen LogP contribution in [0.2, 0.25) is 0 Å². The van der Waals surface area contributed by atoms with Crippen LogP contribution in [0.25, 0.3) is 0 Å². The van der Waals surface area contributed by atoms with Crippen molar-refractivity contribution < 1.29 is 4.79 Å². The van der Waals surface area contributed by atoms with Gasteiger partial charge in [0.2, 0.25) is 5.91 Å². The lowest BCUT2D eigenvalue weighted by atomic mass is 10.2. The average Bonchev–Trinajstić information content (AvgIpc) is 2.56. The van der Waals surface area contributed by atoms with E-state index in [2.05, 4.69) is 5.32 Å². The molecule has 0 aromatic rings. The van der Waals surface area contributed by atoms with Crippen LogP contribution < -0.4 is 11.1 Å². The van der Waals surface area contributed by atoms with Gasteiger partial charge in [0, 0.05) is 12.6 Å². The van der Waals surface area contributed by atoms with Crippen molar-refractivity contribution in [1.82, 2.24) is 5.32 Å². The lowest BCUT2D eigenvalue weighted by molar-refractivity contribution is -0.121. The van der Waals surface area contributed by atoms with Gasteiger partial charge in [0.1, 0.15) is 0 Å². The Kier molecular flexibility index (Phi) is 3.88. The Labute approximate surface area is 77.5 Å².